The highest BCUT2D eigenvalue weighted by Crippen LogP contribution is 2.01. The molecule has 0 rings (SSSR count). The molecular weight excluding hydrogens is 144 g/mol. The van der Waals surface area contributed by atoms with Crippen molar-refractivity contribution < 1.29 is 15.0 Å². The minimum absolute atomic E-state index is 0.155. The molecule has 0 aromatic heterocycles. The van der Waals surface area contributed by atoms with Gasteiger partial charge in [0.05, 0.1) is 12.5 Å². The summed E-state index contributed by atoms with van der Waals surface area (Å²) in [6.45, 7) is 1.89. The molecule has 3 nitrogen and oxygen atoms in total. The molecule has 0 aliphatic carbocycles. The van der Waals surface area contributed by atoms with Crippen LogP contribution in [0.1, 0.15) is 26.2 Å². The molecule has 0 amide bonds. The van der Waals surface area contributed by atoms with Gasteiger partial charge in [0.2, 0.25) is 0 Å². The molecule has 0 radical (unpaired) electrons. The van der Waals surface area contributed by atoms with Crippen molar-refractivity contribution >= 4 is 5.97 Å². The summed E-state index contributed by atoms with van der Waals surface area (Å²) in [5.74, 6) is -0.946. The summed E-state index contributed by atoms with van der Waals surface area (Å²) >= 11 is 0. The van der Waals surface area contributed by atoms with E-state index in [1.165, 1.54) is 0 Å². The molecule has 0 heterocycles. The van der Waals surface area contributed by atoms with E-state index in [-0.39, 0.29) is 6.42 Å². The Morgan fingerprint density at radius 3 is 2.73 bits per heavy atom. The van der Waals surface area contributed by atoms with Crippen molar-refractivity contribution in [2.75, 3.05) is 0 Å². The SMILES string of the molecule is C/C=C\CCC(O)CC(=O)O. The quantitative estimate of drug-likeness (QED) is 0.590. The zero-order valence-corrected chi connectivity index (χ0v) is 6.66. The summed E-state index contributed by atoms with van der Waals surface area (Å²) in [4.78, 5) is 10.1. The number of rotatable bonds is 5. The van der Waals surface area contributed by atoms with Gasteiger partial charge in [0.1, 0.15) is 0 Å². The van der Waals surface area contributed by atoms with E-state index in [4.69, 9.17) is 10.2 Å². The number of carboxylic acid groups (broad SMARTS) is 1. The summed E-state index contributed by atoms with van der Waals surface area (Å²) in [6.07, 6.45) is 4.20. The second-order valence-corrected chi connectivity index (χ2v) is 2.40. The van der Waals surface area contributed by atoms with Crippen molar-refractivity contribution in [1.82, 2.24) is 0 Å². The van der Waals surface area contributed by atoms with E-state index >= 15 is 0 Å². The number of aliphatic hydroxyl groups excluding tert-OH is 1. The number of allylic oxidation sites excluding steroid dienone is 2. The largest absolute Gasteiger partial charge is 0.481 e. The first-order chi connectivity index (χ1) is 5.16. The van der Waals surface area contributed by atoms with Gasteiger partial charge >= 0.3 is 5.97 Å². The fraction of sp³-hybridized carbons (Fsp3) is 0.625. The Morgan fingerprint density at radius 1 is 1.64 bits per heavy atom. The summed E-state index contributed by atoms with van der Waals surface area (Å²) < 4.78 is 0. The molecule has 1 unspecified atom stereocenters. The van der Waals surface area contributed by atoms with E-state index in [0.717, 1.165) is 6.42 Å². The Kier molecular flexibility index (Phi) is 5.47. The molecule has 11 heavy (non-hydrogen) atoms. The molecule has 0 aliphatic heterocycles. The second kappa shape index (κ2) is 5.92. The van der Waals surface area contributed by atoms with Crippen LogP contribution in [0.3, 0.4) is 0 Å². The van der Waals surface area contributed by atoms with Gasteiger partial charge in [-0.3, -0.25) is 4.79 Å². The molecule has 0 aromatic rings. The van der Waals surface area contributed by atoms with Crippen LogP contribution in [0, 0.1) is 0 Å². The molecule has 2 N–H and O–H groups in total. The third-order valence-corrected chi connectivity index (χ3v) is 1.31. The fourth-order valence-electron chi connectivity index (χ4n) is 0.759. The van der Waals surface area contributed by atoms with Crippen molar-refractivity contribution in [3.05, 3.63) is 12.2 Å². The van der Waals surface area contributed by atoms with E-state index < -0.39 is 12.1 Å². The summed E-state index contributed by atoms with van der Waals surface area (Å²) in [5, 5.41) is 17.3. The van der Waals surface area contributed by atoms with E-state index in [1.807, 2.05) is 19.1 Å². The summed E-state index contributed by atoms with van der Waals surface area (Å²) in [7, 11) is 0. The van der Waals surface area contributed by atoms with E-state index in [2.05, 4.69) is 0 Å². The van der Waals surface area contributed by atoms with Crippen LogP contribution in [-0.2, 0) is 4.79 Å². The van der Waals surface area contributed by atoms with Gasteiger partial charge in [-0.2, -0.15) is 0 Å². The first-order valence-electron chi connectivity index (χ1n) is 3.67. The average molecular weight is 158 g/mol. The highest BCUT2D eigenvalue weighted by atomic mass is 16.4. The first kappa shape index (κ1) is 10.2. The predicted molar refractivity (Wildman–Crippen MR) is 42.3 cm³/mol. The molecular formula is C8H14O3. The zero-order chi connectivity index (χ0) is 8.69. The van der Waals surface area contributed by atoms with Gasteiger partial charge in [0, 0.05) is 0 Å². The molecule has 0 spiro atoms. The molecule has 0 bridgehead atoms. The van der Waals surface area contributed by atoms with Crippen LogP contribution >= 0.6 is 0 Å². The third-order valence-electron chi connectivity index (χ3n) is 1.31. The minimum Gasteiger partial charge on any atom is -0.481 e. The molecule has 3 heteroatoms. The Labute approximate surface area is 66.4 Å². The van der Waals surface area contributed by atoms with Gasteiger partial charge in [-0.1, -0.05) is 12.2 Å². The number of carbonyl (C=O) groups is 1. The van der Waals surface area contributed by atoms with Gasteiger partial charge < -0.3 is 10.2 Å². The lowest BCUT2D eigenvalue weighted by Gasteiger charge is -2.03. The number of aliphatic carboxylic acids is 1. The lowest BCUT2D eigenvalue weighted by molar-refractivity contribution is -0.139. The number of carboxylic acids is 1. The molecule has 1 atom stereocenters. The van der Waals surface area contributed by atoms with Gasteiger partial charge in [-0.15, -0.1) is 0 Å². The average Bonchev–Trinajstić information content (AvgIpc) is 1.86. The number of hydrogen-bond acceptors (Lipinski definition) is 2. The van der Waals surface area contributed by atoms with Gasteiger partial charge in [0.15, 0.2) is 0 Å². The second-order valence-electron chi connectivity index (χ2n) is 2.40. The third kappa shape index (κ3) is 7.06. The summed E-state index contributed by atoms with van der Waals surface area (Å²) in [5.41, 5.74) is 0. The molecule has 0 saturated carbocycles. The van der Waals surface area contributed by atoms with Crippen LogP contribution in [0.2, 0.25) is 0 Å². The fourth-order valence-corrected chi connectivity index (χ4v) is 0.759. The number of hydrogen-bond donors (Lipinski definition) is 2. The standard InChI is InChI=1S/C8H14O3/c1-2-3-4-5-7(9)6-8(10)11/h2-3,7,9H,4-6H2,1H3,(H,10,11)/b3-2-. The van der Waals surface area contributed by atoms with Crippen LogP contribution in [0.4, 0.5) is 0 Å². The van der Waals surface area contributed by atoms with Crippen LogP contribution in [-0.4, -0.2) is 22.3 Å². The summed E-state index contributed by atoms with van der Waals surface area (Å²) in [6, 6.07) is 0. The number of aliphatic hydroxyl groups is 1. The normalized spacial score (nSPS) is 13.6. The van der Waals surface area contributed by atoms with Crippen molar-refractivity contribution in [2.45, 2.75) is 32.3 Å². The van der Waals surface area contributed by atoms with E-state index in [0.29, 0.717) is 6.42 Å². The van der Waals surface area contributed by atoms with Crippen molar-refractivity contribution in [2.24, 2.45) is 0 Å². The van der Waals surface area contributed by atoms with Crippen molar-refractivity contribution in [3.63, 3.8) is 0 Å². The zero-order valence-electron chi connectivity index (χ0n) is 6.66. The maximum atomic E-state index is 10.1. The molecule has 64 valence electrons. The van der Waals surface area contributed by atoms with Crippen molar-refractivity contribution in [1.29, 1.82) is 0 Å². The van der Waals surface area contributed by atoms with Gasteiger partial charge in [-0.05, 0) is 19.8 Å². The molecule has 0 aromatic carbocycles. The van der Waals surface area contributed by atoms with E-state index in [1.54, 1.807) is 0 Å². The van der Waals surface area contributed by atoms with Crippen LogP contribution in [0.15, 0.2) is 12.2 Å². The van der Waals surface area contributed by atoms with Crippen LogP contribution in [0.25, 0.3) is 0 Å². The Balaban J connectivity index is 3.36. The monoisotopic (exact) mass is 158 g/mol. The molecule has 0 fully saturated rings. The lowest BCUT2D eigenvalue weighted by Crippen LogP contribution is -2.11. The Bertz CT molecular complexity index is 140. The highest BCUT2D eigenvalue weighted by molar-refractivity contribution is 5.67. The van der Waals surface area contributed by atoms with E-state index in [9.17, 15) is 4.79 Å². The predicted octanol–water partition coefficient (Wildman–Crippen LogP) is 1.18. The Morgan fingerprint density at radius 2 is 2.27 bits per heavy atom. The Hall–Kier alpha value is -0.830. The first-order valence-corrected chi connectivity index (χ1v) is 3.67. The minimum atomic E-state index is -0.946. The molecule has 0 saturated heterocycles. The highest BCUT2D eigenvalue weighted by Gasteiger charge is 2.07. The van der Waals surface area contributed by atoms with Crippen molar-refractivity contribution in [3.8, 4) is 0 Å². The smallest absolute Gasteiger partial charge is 0.305 e. The van der Waals surface area contributed by atoms with Gasteiger partial charge in [-0.25, -0.2) is 0 Å². The molecule has 0 aliphatic rings. The lowest BCUT2D eigenvalue weighted by atomic mass is 10.1. The van der Waals surface area contributed by atoms with Crippen LogP contribution < -0.4 is 0 Å². The van der Waals surface area contributed by atoms with Gasteiger partial charge in [0.25, 0.3) is 0 Å². The maximum absolute atomic E-state index is 10.1. The van der Waals surface area contributed by atoms with Crippen LogP contribution in [0.5, 0.6) is 0 Å². The maximum Gasteiger partial charge on any atom is 0.305 e. The topological polar surface area (TPSA) is 57.5 Å².